The van der Waals surface area contributed by atoms with Crippen molar-refractivity contribution in [2.24, 2.45) is 0 Å². The minimum atomic E-state index is 0.511. The fourth-order valence-corrected chi connectivity index (χ4v) is 2.72. The summed E-state index contributed by atoms with van der Waals surface area (Å²) in [6, 6.07) is 20.1. The maximum atomic E-state index is 5.40. The topological polar surface area (TPSA) is 30.7 Å². The molecule has 0 spiro atoms. The number of nitrogens with zero attached hydrogens (tertiary/aromatic N) is 3. The van der Waals surface area contributed by atoms with E-state index in [1.54, 1.807) is 6.20 Å². The average molecular weight is 289 g/mol. The molecule has 2 heterocycles. The van der Waals surface area contributed by atoms with Crippen molar-refractivity contribution in [3.05, 3.63) is 71.6 Å². The van der Waals surface area contributed by atoms with Gasteiger partial charge in [-0.1, -0.05) is 36.4 Å². The Balaban J connectivity index is 2.16. The molecule has 2 aromatic heterocycles. The van der Waals surface area contributed by atoms with Crippen LogP contribution in [0.1, 0.15) is 0 Å². The molecule has 0 N–H and O–H groups in total. The van der Waals surface area contributed by atoms with Gasteiger partial charge < -0.3 is 0 Å². The predicted molar refractivity (Wildman–Crippen MR) is 87.2 cm³/mol. The Bertz CT molecular complexity index is 1010. The van der Waals surface area contributed by atoms with Crippen molar-refractivity contribution in [1.82, 2.24) is 14.5 Å². The third-order valence-electron chi connectivity index (χ3n) is 3.46. The molecule has 0 fully saturated rings. The van der Waals surface area contributed by atoms with Crippen LogP contribution in [0.2, 0.25) is 0 Å². The summed E-state index contributed by atoms with van der Waals surface area (Å²) in [7, 11) is 0. The summed E-state index contributed by atoms with van der Waals surface area (Å²) in [5.41, 5.74) is 2.76. The number of pyridine rings is 1. The highest BCUT2D eigenvalue weighted by atomic mass is 32.1. The van der Waals surface area contributed by atoms with Crippen molar-refractivity contribution < 1.29 is 0 Å². The number of aromatic nitrogens is 3. The fourth-order valence-electron chi connectivity index (χ4n) is 2.48. The van der Waals surface area contributed by atoms with E-state index in [9.17, 15) is 0 Å². The van der Waals surface area contributed by atoms with Crippen LogP contribution in [0.4, 0.5) is 0 Å². The summed E-state index contributed by atoms with van der Waals surface area (Å²) in [6.45, 7) is 0. The molecule has 0 aliphatic carbocycles. The molecule has 0 aliphatic rings. The molecule has 0 amide bonds. The van der Waals surface area contributed by atoms with E-state index in [2.05, 4.69) is 17.1 Å². The van der Waals surface area contributed by atoms with Gasteiger partial charge in [-0.15, -0.1) is 0 Å². The molecular weight excluding hydrogens is 278 g/mol. The van der Waals surface area contributed by atoms with Crippen LogP contribution in [0.3, 0.4) is 0 Å². The average Bonchev–Trinajstić information content (AvgIpc) is 2.54. The lowest BCUT2D eigenvalue weighted by Crippen LogP contribution is -2.02. The van der Waals surface area contributed by atoms with Crippen LogP contribution in [-0.4, -0.2) is 14.5 Å². The zero-order chi connectivity index (χ0) is 14.2. The van der Waals surface area contributed by atoms with Crippen molar-refractivity contribution in [2.45, 2.75) is 0 Å². The van der Waals surface area contributed by atoms with Gasteiger partial charge in [0.15, 0.2) is 0 Å². The number of benzene rings is 2. The first kappa shape index (κ1) is 12.2. The van der Waals surface area contributed by atoms with E-state index in [1.165, 1.54) is 0 Å². The summed E-state index contributed by atoms with van der Waals surface area (Å²) < 4.78 is 2.42. The molecule has 3 nitrogen and oxygen atoms in total. The SMILES string of the molecule is S=c1ncc2cc3ccccc3nc2n1-c1ccccc1. The highest BCUT2D eigenvalue weighted by molar-refractivity contribution is 7.71. The Morgan fingerprint density at radius 3 is 2.48 bits per heavy atom. The van der Waals surface area contributed by atoms with E-state index in [-0.39, 0.29) is 0 Å². The molecule has 0 atom stereocenters. The molecule has 100 valence electrons. The molecule has 0 radical (unpaired) electrons. The van der Waals surface area contributed by atoms with Crippen molar-refractivity contribution in [3.8, 4) is 5.69 Å². The molecule has 0 unspecified atom stereocenters. The summed E-state index contributed by atoms with van der Waals surface area (Å²) >= 11 is 5.40. The Labute approximate surface area is 126 Å². The van der Waals surface area contributed by atoms with Crippen LogP contribution >= 0.6 is 12.2 Å². The van der Waals surface area contributed by atoms with Crippen molar-refractivity contribution in [3.63, 3.8) is 0 Å². The van der Waals surface area contributed by atoms with Gasteiger partial charge in [0.2, 0.25) is 4.77 Å². The first-order chi connectivity index (χ1) is 10.3. The maximum absolute atomic E-state index is 5.40. The van der Waals surface area contributed by atoms with Crippen molar-refractivity contribution in [1.29, 1.82) is 0 Å². The summed E-state index contributed by atoms with van der Waals surface area (Å²) in [6.07, 6.45) is 1.79. The van der Waals surface area contributed by atoms with Gasteiger partial charge >= 0.3 is 0 Å². The van der Waals surface area contributed by atoms with Gasteiger partial charge in [0.25, 0.3) is 0 Å². The second kappa shape index (κ2) is 4.75. The van der Waals surface area contributed by atoms with E-state index in [0.717, 1.165) is 27.6 Å². The maximum Gasteiger partial charge on any atom is 0.205 e. The minimum absolute atomic E-state index is 0.511. The van der Waals surface area contributed by atoms with E-state index >= 15 is 0 Å². The predicted octanol–water partition coefficient (Wildman–Crippen LogP) is 4.30. The minimum Gasteiger partial charge on any atom is -0.269 e. The first-order valence-corrected chi connectivity index (χ1v) is 7.07. The quantitative estimate of drug-likeness (QED) is 0.386. The standard InChI is InChI=1S/C17H11N3S/c21-17-18-11-13-10-12-6-4-5-9-15(12)19-16(13)20(17)14-7-2-1-3-8-14/h1-11H. The molecule has 2 aromatic carbocycles. The largest absolute Gasteiger partial charge is 0.269 e. The van der Waals surface area contributed by atoms with Crippen LogP contribution in [0.15, 0.2) is 66.9 Å². The highest BCUT2D eigenvalue weighted by Gasteiger charge is 2.07. The number of para-hydroxylation sites is 2. The summed E-state index contributed by atoms with van der Waals surface area (Å²) in [5.74, 6) is 0. The highest BCUT2D eigenvalue weighted by Crippen LogP contribution is 2.21. The Hall–Kier alpha value is -2.59. The molecule has 0 saturated heterocycles. The number of fused-ring (bicyclic) bond motifs is 2. The van der Waals surface area contributed by atoms with Gasteiger partial charge in [0.1, 0.15) is 5.65 Å². The van der Waals surface area contributed by atoms with Gasteiger partial charge in [0.05, 0.1) is 5.52 Å². The third kappa shape index (κ3) is 2.00. The monoisotopic (exact) mass is 289 g/mol. The normalized spacial score (nSPS) is 11.0. The molecule has 0 saturated carbocycles. The number of rotatable bonds is 1. The van der Waals surface area contributed by atoms with E-state index in [1.807, 2.05) is 53.1 Å². The van der Waals surface area contributed by atoms with Crippen LogP contribution in [-0.2, 0) is 0 Å². The molecule has 0 aliphatic heterocycles. The van der Waals surface area contributed by atoms with Crippen LogP contribution in [0, 0.1) is 4.77 Å². The Morgan fingerprint density at radius 2 is 1.62 bits per heavy atom. The zero-order valence-corrected chi connectivity index (χ0v) is 11.9. The lowest BCUT2D eigenvalue weighted by molar-refractivity contribution is 0.989. The molecule has 4 rings (SSSR count). The lowest BCUT2D eigenvalue weighted by Gasteiger charge is -2.10. The fraction of sp³-hybridized carbons (Fsp3) is 0. The van der Waals surface area contributed by atoms with E-state index in [4.69, 9.17) is 17.2 Å². The lowest BCUT2D eigenvalue weighted by atomic mass is 10.2. The van der Waals surface area contributed by atoms with Gasteiger partial charge in [-0.3, -0.25) is 4.57 Å². The van der Waals surface area contributed by atoms with Crippen molar-refractivity contribution in [2.75, 3.05) is 0 Å². The Kier molecular flexibility index (Phi) is 2.75. The molecule has 4 aromatic rings. The summed E-state index contributed by atoms with van der Waals surface area (Å²) in [4.78, 5) is 9.10. The first-order valence-electron chi connectivity index (χ1n) is 6.66. The van der Waals surface area contributed by atoms with E-state index in [0.29, 0.717) is 4.77 Å². The van der Waals surface area contributed by atoms with Crippen molar-refractivity contribution >= 4 is 34.2 Å². The number of hydrogen-bond donors (Lipinski definition) is 0. The second-order valence-electron chi connectivity index (χ2n) is 4.81. The third-order valence-corrected chi connectivity index (χ3v) is 3.75. The van der Waals surface area contributed by atoms with Crippen LogP contribution in [0.25, 0.3) is 27.6 Å². The van der Waals surface area contributed by atoms with Gasteiger partial charge in [-0.2, -0.15) is 0 Å². The molecule has 4 heteroatoms. The van der Waals surface area contributed by atoms with Gasteiger partial charge in [0, 0.05) is 22.7 Å². The molecular formula is C17H11N3S. The van der Waals surface area contributed by atoms with E-state index < -0.39 is 0 Å². The number of hydrogen-bond acceptors (Lipinski definition) is 3. The van der Waals surface area contributed by atoms with Gasteiger partial charge in [-0.05, 0) is 36.5 Å². The van der Waals surface area contributed by atoms with Crippen LogP contribution < -0.4 is 0 Å². The molecule has 21 heavy (non-hydrogen) atoms. The van der Waals surface area contributed by atoms with Crippen LogP contribution in [0.5, 0.6) is 0 Å². The summed E-state index contributed by atoms with van der Waals surface area (Å²) in [5, 5.41) is 2.08. The smallest absolute Gasteiger partial charge is 0.205 e. The Morgan fingerprint density at radius 1 is 0.857 bits per heavy atom. The zero-order valence-electron chi connectivity index (χ0n) is 11.1. The van der Waals surface area contributed by atoms with Gasteiger partial charge in [-0.25, -0.2) is 9.97 Å². The molecule has 0 bridgehead atoms. The second-order valence-corrected chi connectivity index (χ2v) is 5.17.